The summed E-state index contributed by atoms with van der Waals surface area (Å²) in [6.07, 6.45) is 1.03. The van der Waals surface area contributed by atoms with Gasteiger partial charge in [-0.2, -0.15) is 5.26 Å². The van der Waals surface area contributed by atoms with E-state index in [1.54, 1.807) is 12.1 Å². The largest absolute Gasteiger partial charge is 0.381 e. The van der Waals surface area contributed by atoms with Gasteiger partial charge in [0.1, 0.15) is 0 Å². The maximum atomic E-state index is 11.6. The zero-order valence-corrected chi connectivity index (χ0v) is 11.3. The number of nitriles is 1. The smallest absolute Gasteiger partial charge is 0.212 e. The van der Waals surface area contributed by atoms with Crippen LogP contribution < -0.4 is 5.14 Å². The minimum Gasteiger partial charge on any atom is -0.381 e. The van der Waals surface area contributed by atoms with Crippen molar-refractivity contribution in [1.82, 2.24) is 0 Å². The predicted octanol–water partition coefficient (Wildman–Crippen LogP) is 0.794. The van der Waals surface area contributed by atoms with Crippen LogP contribution in [0.4, 0.5) is 0 Å². The van der Waals surface area contributed by atoms with Gasteiger partial charge in [-0.25, -0.2) is 13.6 Å². The average Bonchev–Trinajstić information content (AvgIpc) is 2.39. The van der Waals surface area contributed by atoms with Gasteiger partial charge in [0.15, 0.2) is 0 Å². The molecule has 6 heteroatoms. The van der Waals surface area contributed by atoms with Crippen molar-refractivity contribution in [3.63, 3.8) is 0 Å². The molecule has 0 radical (unpaired) electrons. The highest BCUT2D eigenvalue weighted by atomic mass is 32.2. The zero-order valence-electron chi connectivity index (χ0n) is 10.5. The molecule has 1 heterocycles. The lowest BCUT2D eigenvalue weighted by Gasteiger charge is -2.29. The van der Waals surface area contributed by atoms with E-state index < -0.39 is 15.3 Å². The van der Waals surface area contributed by atoms with Crippen LogP contribution in [0.5, 0.6) is 0 Å². The molecule has 19 heavy (non-hydrogen) atoms. The number of sulfonamides is 1. The molecule has 1 aliphatic rings. The number of nitrogens with zero attached hydrogens (tertiary/aromatic N) is 1. The molecule has 1 fully saturated rings. The third-order valence-corrected chi connectivity index (χ3v) is 4.87. The molecule has 1 aromatic rings. The van der Waals surface area contributed by atoms with E-state index in [4.69, 9.17) is 15.1 Å². The molecule has 2 rings (SSSR count). The molecule has 2 atom stereocenters. The van der Waals surface area contributed by atoms with E-state index in [0.29, 0.717) is 31.6 Å². The number of ether oxygens (including phenoxy) is 1. The van der Waals surface area contributed by atoms with Crippen molar-refractivity contribution in [2.75, 3.05) is 13.2 Å². The second-order valence-corrected chi connectivity index (χ2v) is 6.55. The van der Waals surface area contributed by atoms with Gasteiger partial charge in [-0.3, -0.25) is 0 Å². The summed E-state index contributed by atoms with van der Waals surface area (Å²) in [6, 6.07) is 9.19. The van der Waals surface area contributed by atoms with Crippen molar-refractivity contribution in [3.8, 4) is 6.07 Å². The van der Waals surface area contributed by atoms with Crippen molar-refractivity contribution in [2.45, 2.75) is 18.1 Å². The molecule has 5 nitrogen and oxygen atoms in total. The topological polar surface area (TPSA) is 93.2 Å². The number of rotatable bonds is 3. The number of benzene rings is 1. The molecular weight excluding hydrogens is 264 g/mol. The van der Waals surface area contributed by atoms with Crippen LogP contribution >= 0.6 is 0 Å². The maximum absolute atomic E-state index is 11.6. The lowest BCUT2D eigenvalue weighted by molar-refractivity contribution is 0.0572. The van der Waals surface area contributed by atoms with Gasteiger partial charge in [-0.05, 0) is 30.5 Å². The lowest BCUT2D eigenvalue weighted by Crippen LogP contribution is -2.42. The lowest BCUT2D eigenvalue weighted by atomic mass is 9.93. The van der Waals surface area contributed by atoms with E-state index in [1.807, 2.05) is 12.1 Å². The summed E-state index contributed by atoms with van der Waals surface area (Å²) in [4.78, 5) is 0. The van der Waals surface area contributed by atoms with Crippen LogP contribution in [-0.4, -0.2) is 26.9 Å². The van der Waals surface area contributed by atoms with E-state index in [2.05, 4.69) is 6.07 Å². The van der Waals surface area contributed by atoms with E-state index >= 15 is 0 Å². The average molecular weight is 280 g/mol. The first-order valence-corrected chi connectivity index (χ1v) is 7.70. The molecule has 102 valence electrons. The highest BCUT2D eigenvalue weighted by Crippen LogP contribution is 2.24. The van der Waals surface area contributed by atoms with Crippen molar-refractivity contribution >= 4 is 10.0 Å². The van der Waals surface area contributed by atoms with Crippen molar-refractivity contribution < 1.29 is 13.2 Å². The van der Waals surface area contributed by atoms with Crippen LogP contribution in [0.15, 0.2) is 24.3 Å². The molecule has 0 unspecified atom stereocenters. The standard InChI is InChI=1S/C13H16N2O3S/c14-8-11-3-1-10(2-4-11)7-12-9-18-6-5-13(12)19(15,16)17/h1-4,12-13H,5-7,9H2,(H2,15,16,17)/t12-,13+/m0/s1. The molecule has 1 aromatic carbocycles. The Morgan fingerprint density at radius 3 is 2.63 bits per heavy atom. The van der Waals surface area contributed by atoms with Crippen LogP contribution in [-0.2, 0) is 21.2 Å². The van der Waals surface area contributed by atoms with E-state index in [1.165, 1.54) is 0 Å². The first kappa shape index (κ1) is 14.0. The van der Waals surface area contributed by atoms with Gasteiger partial charge in [-0.1, -0.05) is 12.1 Å². The molecule has 1 aliphatic heterocycles. The van der Waals surface area contributed by atoms with Gasteiger partial charge in [0.2, 0.25) is 10.0 Å². The highest BCUT2D eigenvalue weighted by Gasteiger charge is 2.33. The molecule has 0 aromatic heterocycles. The highest BCUT2D eigenvalue weighted by molar-refractivity contribution is 7.89. The van der Waals surface area contributed by atoms with Crippen LogP contribution in [0.25, 0.3) is 0 Å². The molecule has 0 aliphatic carbocycles. The maximum Gasteiger partial charge on any atom is 0.212 e. The minimum atomic E-state index is -3.54. The monoisotopic (exact) mass is 280 g/mol. The molecule has 0 spiro atoms. The fourth-order valence-corrected chi connectivity index (χ4v) is 3.55. The molecular formula is C13H16N2O3S. The van der Waals surface area contributed by atoms with Gasteiger partial charge in [0, 0.05) is 12.5 Å². The van der Waals surface area contributed by atoms with E-state index in [9.17, 15) is 8.42 Å². The fraction of sp³-hybridized carbons (Fsp3) is 0.462. The Hall–Kier alpha value is -1.42. The minimum absolute atomic E-state index is 0.128. The van der Waals surface area contributed by atoms with Gasteiger partial charge in [0.25, 0.3) is 0 Å². The summed E-state index contributed by atoms with van der Waals surface area (Å²) < 4.78 is 28.5. The summed E-state index contributed by atoms with van der Waals surface area (Å²) in [6.45, 7) is 0.839. The zero-order chi connectivity index (χ0) is 13.9. The van der Waals surface area contributed by atoms with E-state index in [-0.39, 0.29) is 5.92 Å². The number of nitrogens with two attached hydrogens (primary N) is 1. The molecule has 0 saturated carbocycles. The van der Waals surface area contributed by atoms with Crippen molar-refractivity contribution in [2.24, 2.45) is 11.1 Å². The molecule has 0 amide bonds. The molecule has 2 N–H and O–H groups in total. The first-order valence-electron chi connectivity index (χ1n) is 6.09. The van der Waals surface area contributed by atoms with Crippen molar-refractivity contribution in [1.29, 1.82) is 5.26 Å². The van der Waals surface area contributed by atoms with Gasteiger partial charge in [0.05, 0.1) is 23.5 Å². The normalized spacial score (nSPS) is 23.8. The summed E-state index contributed by atoms with van der Waals surface area (Å²) in [5.74, 6) is -0.128. The first-order chi connectivity index (χ1) is 9.00. The van der Waals surface area contributed by atoms with Gasteiger partial charge < -0.3 is 4.74 Å². The summed E-state index contributed by atoms with van der Waals surface area (Å²) in [5.41, 5.74) is 1.58. The molecule has 0 bridgehead atoms. The number of hydrogen-bond acceptors (Lipinski definition) is 4. The Labute approximate surface area is 113 Å². The third kappa shape index (κ3) is 3.53. The van der Waals surface area contributed by atoms with Crippen molar-refractivity contribution in [3.05, 3.63) is 35.4 Å². The van der Waals surface area contributed by atoms with Crippen LogP contribution in [0, 0.1) is 17.2 Å². The van der Waals surface area contributed by atoms with Gasteiger partial charge >= 0.3 is 0 Å². The number of primary sulfonamides is 1. The second-order valence-electron chi connectivity index (χ2n) is 4.76. The predicted molar refractivity (Wildman–Crippen MR) is 70.7 cm³/mol. The second kappa shape index (κ2) is 5.70. The number of hydrogen-bond donors (Lipinski definition) is 1. The Kier molecular flexibility index (Phi) is 4.20. The molecule has 1 saturated heterocycles. The Bertz CT molecular complexity index is 575. The third-order valence-electron chi connectivity index (χ3n) is 3.41. The van der Waals surface area contributed by atoms with E-state index in [0.717, 1.165) is 5.56 Å². The summed E-state index contributed by atoms with van der Waals surface area (Å²) >= 11 is 0. The quantitative estimate of drug-likeness (QED) is 0.886. The van der Waals surface area contributed by atoms with Gasteiger partial charge in [-0.15, -0.1) is 0 Å². The Balaban J connectivity index is 2.13. The Morgan fingerprint density at radius 1 is 1.37 bits per heavy atom. The summed E-state index contributed by atoms with van der Waals surface area (Å²) in [7, 11) is -3.54. The Morgan fingerprint density at radius 2 is 2.05 bits per heavy atom. The SMILES string of the molecule is N#Cc1ccc(C[C@H]2COCC[C@H]2S(N)(=O)=O)cc1. The van der Waals surface area contributed by atoms with Crippen LogP contribution in [0.1, 0.15) is 17.5 Å². The van der Waals surface area contributed by atoms with Crippen LogP contribution in [0.3, 0.4) is 0 Å². The van der Waals surface area contributed by atoms with Crippen LogP contribution in [0.2, 0.25) is 0 Å². The fourth-order valence-electron chi connectivity index (χ4n) is 2.42. The summed E-state index contributed by atoms with van der Waals surface area (Å²) in [5, 5.41) is 13.5.